The highest BCUT2D eigenvalue weighted by Gasteiger charge is 2.02. The standard InChI is InChI=1S/C18H17IN2O3/c1-2-11-23-17-6-4-3-5-14(17)12-20-21-18(22)13-24-16-9-7-15(19)8-10-16/h2-10,12H,1,11,13H2,(H,21,22). The zero-order valence-corrected chi connectivity index (χ0v) is 15.1. The average Bonchev–Trinajstić information content (AvgIpc) is 2.60. The van der Waals surface area contributed by atoms with Gasteiger partial charge in [-0.2, -0.15) is 5.10 Å². The molecule has 2 aromatic carbocycles. The Balaban J connectivity index is 1.83. The van der Waals surface area contributed by atoms with Crippen molar-refractivity contribution >= 4 is 34.7 Å². The number of carbonyl (C=O) groups excluding carboxylic acids is 1. The number of para-hydroxylation sites is 1. The highest BCUT2D eigenvalue weighted by atomic mass is 127. The van der Waals surface area contributed by atoms with Gasteiger partial charge in [-0.25, -0.2) is 5.43 Å². The average molecular weight is 436 g/mol. The third kappa shape index (κ3) is 6.04. The molecule has 0 aromatic heterocycles. The fourth-order valence-corrected chi connectivity index (χ4v) is 2.11. The Hall–Kier alpha value is -2.35. The monoisotopic (exact) mass is 436 g/mol. The maximum atomic E-state index is 11.7. The Kier molecular flexibility index (Phi) is 7.28. The molecular weight excluding hydrogens is 419 g/mol. The van der Waals surface area contributed by atoms with Crippen LogP contribution in [-0.4, -0.2) is 25.3 Å². The molecule has 0 aliphatic rings. The Bertz CT molecular complexity index is 714. The Labute approximate surface area is 154 Å². The zero-order valence-electron chi connectivity index (χ0n) is 12.9. The van der Waals surface area contributed by atoms with Crippen molar-refractivity contribution in [2.24, 2.45) is 5.10 Å². The van der Waals surface area contributed by atoms with Gasteiger partial charge in [-0.05, 0) is 59.0 Å². The lowest BCUT2D eigenvalue weighted by molar-refractivity contribution is -0.123. The summed E-state index contributed by atoms with van der Waals surface area (Å²) < 4.78 is 12.0. The van der Waals surface area contributed by atoms with E-state index >= 15 is 0 Å². The van der Waals surface area contributed by atoms with E-state index in [9.17, 15) is 4.79 Å². The molecule has 2 rings (SSSR count). The molecule has 0 aliphatic heterocycles. The molecule has 2 aromatic rings. The van der Waals surface area contributed by atoms with Crippen LogP contribution in [0.5, 0.6) is 11.5 Å². The van der Waals surface area contributed by atoms with Gasteiger partial charge in [-0.1, -0.05) is 24.8 Å². The second kappa shape index (κ2) is 9.71. The second-order valence-electron chi connectivity index (χ2n) is 4.67. The number of hydrazone groups is 1. The molecule has 1 N–H and O–H groups in total. The van der Waals surface area contributed by atoms with Crippen LogP contribution in [0.4, 0.5) is 0 Å². The zero-order chi connectivity index (χ0) is 17.2. The molecular formula is C18H17IN2O3. The van der Waals surface area contributed by atoms with Gasteiger partial charge in [0.25, 0.3) is 5.91 Å². The summed E-state index contributed by atoms with van der Waals surface area (Å²) in [5, 5.41) is 3.93. The third-order valence-electron chi connectivity index (χ3n) is 2.85. The number of nitrogens with zero attached hydrogens (tertiary/aromatic N) is 1. The number of hydrogen-bond acceptors (Lipinski definition) is 4. The van der Waals surface area contributed by atoms with Crippen LogP contribution in [0.25, 0.3) is 0 Å². The highest BCUT2D eigenvalue weighted by molar-refractivity contribution is 14.1. The number of rotatable bonds is 8. The first kappa shape index (κ1) is 18.0. The van der Waals surface area contributed by atoms with E-state index in [2.05, 4.69) is 39.7 Å². The second-order valence-corrected chi connectivity index (χ2v) is 5.92. The van der Waals surface area contributed by atoms with Crippen molar-refractivity contribution in [3.63, 3.8) is 0 Å². The molecule has 0 bridgehead atoms. The minimum Gasteiger partial charge on any atom is -0.489 e. The van der Waals surface area contributed by atoms with E-state index < -0.39 is 0 Å². The first-order valence-electron chi connectivity index (χ1n) is 7.22. The Morgan fingerprint density at radius 1 is 1.17 bits per heavy atom. The number of hydrogen-bond donors (Lipinski definition) is 1. The van der Waals surface area contributed by atoms with E-state index in [-0.39, 0.29) is 12.5 Å². The van der Waals surface area contributed by atoms with Crippen LogP contribution < -0.4 is 14.9 Å². The van der Waals surface area contributed by atoms with E-state index in [4.69, 9.17) is 9.47 Å². The van der Waals surface area contributed by atoms with Crippen molar-refractivity contribution in [1.29, 1.82) is 0 Å². The lowest BCUT2D eigenvalue weighted by Crippen LogP contribution is -2.24. The number of amides is 1. The number of nitrogens with one attached hydrogen (secondary N) is 1. The fraction of sp³-hybridized carbons (Fsp3) is 0.111. The van der Waals surface area contributed by atoms with Crippen molar-refractivity contribution in [1.82, 2.24) is 5.43 Å². The van der Waals surface area contributed by atoms with Gasteiger partial charge in [-0.15, -0.1) is 0 Å². The first-order chi connectivity index (χ1) is 11.7. The van der Waals surface area contributed by atoms with E-state index in [1.165, 1.54) is 6.21 Å². The summed E-state index contributed by atoms with van der Waals surface area (Å²) in [6.45, 7) is 3.91. The van der Waals surface area contributed by atoms with Crippen molar-refractivity contribution in [2.75, 3.05) is 13.2 Å². The van der Waals surface area contributed by atoms with Gasteiger partial charge in [0.05, 0.1) is 6.21 Å². The summed E-state index contributed by atoms with van der Waals surface area (Å²) in [4.78, 5) is 11.7. The molecule has 124 valence electrons. The Morgan fingerprint density at radius 2 is 1.92 bits per heavy atom. The molecule has 0 saturated carbocycles. The van der Waals surface area contributed by atoms with Gasteiger partial charge in [-0.3, -0.25) is 4.79 Å². The minimum absolute atomic E-state index is 0.105. The van der Waals surface area contributed by atoms with Gasteiger partial charge < -0.3 is 9.47 Å². The van der Waals surface area contributed by atoms with Gasteiger partial charge in [0.1, 0.15) is 18.1 Å². The minimum atomic E-state index is -0.339. The van der Waals surface area contributed by atoms with Gasteiger partial charge in [0.15, 0.2) is 6.61 Å². The predicted molar refractivity (Wildman–Crippen MR) is 103 cm³/mol. The first-order valence-corrected chi connectivity index (χ1v) is 8.30. The maximum Gasteiger partial charge on any atom is 0.277 e. The topological polar surface area (TPSA) is 59.9 Å². The van der Waals surface area contributed by atoms with Crippen LogP contribution in [0.1, 0.15) is 5.56 Å². The number of benzene rings is 2. The molecule has 6 heteroatoms. The quantitative estimate of drug-likeness (QED) is 0.299. The number of ether oxygens (including phenoxy) is 2. The van der Waals surface area contributed by atoms with Crippen molar-refractivity contribution in [3.05, 3.63) is 70.3 Å². The molecule has 0 fully saturated rings. The van der Waals surface area contributed by atoms with Crippen LogP contribution in [0.15, 0.2) is 66.3 Å². The molecule has 24 heavy (non-hydrogen) atoms. The predicted octanol–water partition coefficient (Wildman–Crippen LogP) is 3.39. The van der Waals surface area contributed by atoms with E-state index in [0.29, 0.717) is 18.1 Å². The number of halogens is 1. The molecule has 0 aliphatic carbocycles. The van der Waals surface area contributed by atoms with Gasteiger partial charge >= 0.3 is 0 Å². The van der Waals surface area contributed by atoms with Crippen molar-refractivity contribution < 1.29 is 14.3 Å². The van der Waals surface area contributed by atoms with Gasteiger partial charge in [0.2, 0.25) is 0 Å². The summed E-state index contributed by atoms with van der Waals surface area (Å²) in [6, 6.07) is 14.8. The summed E-state index contributed by atoms with van der Waals surface area (Å²) >= 11 is 2.20. The fourth-order valence-electron chi connectivity index (χ4n) is 1.75. The molecule has 0 radical (unpaired) electrons. The largest absolute Gasteiger partial charge is 0.489 e. The molecule has 0 spiro atoms. The lowest BCUT2D eigenvalue weighted by atomic mass is 10.2. The van der Waals surface area contributed by atoms with E-state index in [0.717, 1.165) is 9.13 Å². The van der Waals surface area contributed by atoms with E-state index in [1.807, 2.05) is 48.5 Å². The van der Waals surface area contributed by atoms with Crippen molar-refractivity contribution in [3.8, 4) is 11.5 Å². The summed E-state index contributed by atoms with van der Waals surface area (Å²) in [7, 11) is 0. The molecule has 0 saturated heterocycles. The third-order valence-corrected chi connectivity index (χ3v) is 3.57. The smallest absolute Gasteiger partial charge is 0.277 e. The van der Waals surface area contributed by atoms with Gasteiger partial charge in [0, 0.05) is 9.13 Å². The molecule has 5 nitrogen and oxygen atoms in total. The molecule has 0 heterocycles. The lowest BCUT2D eigenvalue weighted by Gasteiger charge is -2.06. The van der Waals surface area contributed by atoms with Crippen LogP contribution in [-0.2, 0) is 4.79 Å². The summed E-state index contributed by atoms with van der Waals surface area (Å²) in [5.74, 6) is 0.970. The molecule has 1 amide bonds. The highest BCUT2D eigenvalue weighted by Crippen LogP contribution is 2.15. The summed E-state index contributed by atoms with van der Waals surface area (Å²) in [6.07, 6.45) is 3.19. The normalized spacial score (nSPS) is 10.4. The number of carbonyl (C=O) groups is 1. The molecule has 0 unspecified atom stereocenters. The van der Waals surface area contributed by atoms with E-state index in [1.54, 1.807) is 6.08 Å². The van der Waals surface area contributed by atoms with Crippen molar-refractivity contribution in [2.45, 2.75) is 0 Å². The van der Waals surface area contributed by atoms with Crippen LogP contribution in [0.3, 0.4) is 0 Å². The SMILES string of the molecule is C=CCOc1ccccc1C=NNC(=O)COc1ccc(I)cc1. The van der Waals surface area contributed by atoms with Crippen LogP contribution >= 0.6 is 22.6 Å². The maximum absolute atomic E-state index is 11.7. The summed E-state index contributed by atoms with van der Waals surface area (Å²) in [5.41, 5.74) is 3.19. The Morgan fingerprint density at radius 3 is 2.67 bits per heavy atom. The van der Waals surface area contributed by atoms with Crippen LogP contribution in [0.2, 0.25) is 0 Å². The van der Waals surface area contributed by atoms with Crippen LogP contribution in [0, 0.1) is 3.57 Å². The molecule has 0 atom stereocenters.